The average molecular weight is 396 g/mol. The minimum atomic E-state index is 0.00742. The molecule has 146 valence electrons. The number of benzene rings is 1. The Hall–Kier alpha value is -2.67. The number of nitrogens with one attached hydrogen (secondary N) is 1. The van der Waals surface area contributed by atoms with Gasteiger partial charge in [-0.05, 0) is 44.0 Å². The fourth-order valence-corrected chi connectivity index (χ4v) is 3.66. The molecule has 3 rings (SSSR count). The number of hydrogen-bond acceptors (Lipinski definition) is 5. The lowest BCUT2D eigenvalue weighted by molar-refractivity contribution is -0.118. The van der Waals surface area contributed by atoms with Crippen LogP contribution in [0.3, 0.4) is 0 Å². The van der Waals surface area contributed by atoms with Crippen LogP contribution in [0, 0.1) is 13.8 Å². The minimum Gasteiger partial charge on any atom is -0.355 e. The van der Waals surface area contributed by atoms with Crippen LogP contribution in [0.4, 0.5) is 0 Å². The smallest absolute Gasteiger partial charge is 0.230 e. The van der Waals surface area contributed by atoms with Crippen LogP contribution >= 0.6 is 11.8 Å². The summed E-state index contributed by atoms with van der Waals surface area (Å²) in [5.41, 5.74) is 4.05. The molecule has 0 spiro atoms. The van der Waals surface area contributed by atoms with E-state index in [2.05, 4.69) is 59.5 Å². The third-order valence-corrected chi connectivity index (χ3v) is 5.23. The van der Waals surface area contributed by atoms with Crippen molar-refractivity contribution in [3.63, 3.8) is 0 Å². The van der Waals surface area contributed by atoms with Gasteiger partial charge in [-0.25, -0.2) is 0 Å². The highest BCUT2D eigenvalue weighted by molar-refractivity contribution is 7.99. The summed E-state index contributed by atoms with van der Waals surface area (Å²) in [7, 11) is 0. The summed E-state index contributed by atoms with van der Waals surface area (Å²) in [5.74, 6) is 0.976. The highest BCUT2D eigenvalue weighted by atomic mass is 32.2. The number of hydrogen-bond donors (Lipinski definition) is 1. The van der Waals surface area contributed by atoms with Gasteiger partial charge in [0, 0.05) is 12.7 Å². The van der Waals surface area contributed by atoms with Gasteiger partial charge in [0.25, 0.3) is 0 Å². The first-order valence-electron chi connectivity index (χ1n) is 9.44. The first-order chi connectivity index (χ1) is 13.6. The van der Waals surface area contributed by atoms with Crippen molar-refractivity contribution in [2.24, 2.45) is 0 Å². The van der Waals surface area contributed by atoms with E-state index in [1.165, 1.54) is 17.3 Å². The van der Waals surface area contributed by atoms with Gasteiger partial charge in [0.2, 0.25) is 5.91 Å². The zero-order valence-electron chi connectivity index (χ0n) is 16.5. The van der Waals surface area contributed by atoms with Crippen LogP contribution in [0.15, 0.2) is 47.8 Å². The van der Waals surface area contributed by atoms with Crippen molar-refractivity contribution < 1.29 is 4.79 Å². The van der Waals surface area contributed by atoms with Crippen LogP contribution in [-0.4, -0.2) is 38.0 Å². The molecule has 7 heteroatoms. The molecule has 28 heavy (non-hydrogen) atoms. The Bertz CT molecular complexity index is 939. The molecule has 2 aromatic heterocycles. The van der Waals surface area contributed by atoms with Gasteiger partial charge < -0.3 is 5.32 Å². The molecule has 3 aromatic rings. The molecule has 0 atom stereocenters. The van der Waals surface area contributed by atoms with E-state index in [1.54, 1.807) is 6.20 Å². The van der Waals surface area contributed by atoms with Crippen molar-refractivity contribution in [2.45, 2.75) is 38.8 Å². The van der Waals surface area contributed by atoms with Crippen LogP contribution in [0.25, 0.3) is 17.2 Å². The van der Waals surface area contributed by atoms with Gasteiger partial charge in [0.05, 0.1) is 11.4 Å². The summed E-state index contributed by atoms with van der Waals surface area (Å²) >= 11 is 1.39. The van der Waals surface area contributed by atoms with Gasteiger partial charge in [0.15, 0.2) is 11.0 Å². The maximum Gasteiger partial charge on any atom is 0.230 e. The molecule has 0 saturated heterocycles. The molecule has 6 nitrogen and oxygen atoms in total. The van der Waals surface area contributed by atoms with Gasteiger partial charge >= 0.3 is 0 Å². The quantitative estimate of drug-likeness (QED) is 0.462. The van der Waals surface area contributed by atoms with E-state index in [-0.39, 0.29) is 5.91 Å². The number of rotatable bonds is 8. The molecule has 0 radical (unpaired) electrons. The number of thioether (sulfide) groups is 1. The Morgan fingerprint density at radius 1 is 1.18 bits per heavy atom. The van der Waals surface area contributed by atoms with Crippen molar-refractivity contribution >= 4 is 17.7 Å². The molecule has 0 bridgehead atoms. The largest absolute Gasteiger partial charge is 0.355 e. The predicted molar refractivity (Wildman–Crippen MR) is 113 cm³/mol. The van der Waals surface area contributed by atoms with E-state index in [0.29, 0.717) is 23.3 Å². The molecular formula is C21H25N5OS. The fourth-order valence-electron chi connectivity index (χ4n) is 2.88. The van der Waals surface area contributed by atoms with Gasteiger partial charge in [0.1, 0.15) is 5.69 Å². The number of unbranched alkanes of at least 4 members (excludes halogenated alkanes) is 1. The monoisotopic (exact) mass is 395 g/mol. The zero-order valence-corrected chi connectivity index (χ0v) is 17.3. The number of amides is 1. The maximum atomic E-state index is 12.1. The first-order valence-corrected chi connectivity index (χ1v) is 10.4. The second kappa shape index (κ2) is 9.50. The number of carbonyl (C=O) groups is 1. The van der Waals surface area contributed by atoms with E-state index in [4.69, 9.17) is 0 Å². The van der Waals surface area contributed by atoms with E-state index >= 15 is 0 Å². The molecule has 1 amide bonds. The third-order valence-electron chi connectivity index (χ3n) is 4.31. The Morgan fingerprint density at radius 2 is 2.04 bits per heavy atom. The van der Waals surface area contributed by atoms with Crippen molar-refractivity contribution in [2.75, 3.05) is 12.3 Å². The topological polar surface area (TPSA) is 72.7 Å². The molecule has 0 aliphatic heterocycles. The molecule has 0 aliphatic rings. The summed E-state index contributed by atoms with van der Waals surface area (Å²) in [6, 6.07) is 12.0. The summed E-state index contributed by atoms with van der Waals surface area (Å²) in [4.78, 5) is 16.6. The van der Waals surface area contributed by atoms with Gasteiger partial charge in [-0.3, -0.25) is 14.3 Å². The number of carbonyl (C=O) groups excluding carboxylic acids is 1. The van der Waals surface area contributed by atoms with Crippen molar-refractivity contribution in [3.8, 4) is 17.2 Å². The molecule has 1 aromatic carbocycles. The molecule has 0 fully saturated rings. The average Bonchev–Trinajstić information content (AvgIpc) is 3.11. The van der Waals surface area contributed by atoms with E-state index < -0.39 is 0 Å². The molecule has 0 aliphatic carbocycles. The second-order valence-electron chi connectivity index (χ2n) is 6.64. The first kappa shape index (κ1) is 20.1. The van der Waals surface area contributed by atoms with Crippen molar-refractivity contribution in [1.29, 1.82) is 0 Å². The molecule has 0 unspecified atom stereocenters. The number of aryl methyl sites for hydroxylation is 2. The molecule has 2 heterocycles. The Kier molecular flexibility index (Phi) is 6.81. The molecular weight excluding hydrogens is 370 g/mol. The van der Waals surface area contributed by atoms with E-state index in [0.717, 1.165) is 29.8 Å². The van der Waals surface area contributed by atoms with Gasteiger partial charge in [-0.2, -0.15) is 0 Å². The standard InChI is InChI=1S/C21H25N5OS/c1-4-5-11-23-19(27)14-28-21-25-24-20(17-8-6-7-12-22-17)26(21)18-10-9-15(2)13-16(18)3/h6-10,12-13H,4-5,11,14H2,1-3H3,(H,23,27). The number of pyridine rings is 1. The Labute approximate surface area is 169 Å². The minimum absolute atomic E-state index is 0.00742. The highest BCUT2D eigenvalue weighted by Crippen LogP contribution is 2.28. The van der Waals surface area contributed by atoms with Crippen LogP contribution in [0.5, 0.6) is 0 Å². The normalized spacial score (nSPS) is 10.8. The van der Waals surface area contributed by atoms with Crippen LogP contribution in [0.2, 0.25) is 0 Å². The van der Waals surface area contributed by atoms with Crippen molar-refractivity contribution in [1.82, 2.24) is 25.1 Å². The predicted octanol–water partition coefficient (Wildman–Crippen LogP) is 3.95. The second-order valence-corrected chi connectivity index (χ2v) is 7.58. The van der Waals surface area contributed by atoms with E-state index in [1.807, 2.05) is 22.8 Å². The van der Waals surface area contributed by atoms with E-state index in [9.17, 15) is 4.79 Å². The van der Waals surface area contributed by atoms with Crippen LogP contribution < -0.4 is 5.32 Å². The molecule has 1 N–H and O–H groups in total. The summed E-state index contributed by atoms with van der Waals surface area (Å²) in [5, 5.41) is 12.4. The lowest BCUT2D eigenvalue weighted by Crippen LogP contribution is -2.26. The fraction of sp³-hybridized carbons (Fsp3) is 0.333. The van der Waals surface area contributed by atoms with Crippen LogP contribution in [-0.2, 0) is 4.79 Å². The lowest BCUT2D eigenvalue weighted by Gasteiger charge is -2.13. The summed E-state index contributed by atoms with van der Waals surface area (Å²) in [6.45, 7) is 6.95. The van der Waals surface area contributed by atoms with Crippen LogP contribution in [0.1, 0.15) is 30.9 Å². The number of nitrogens with zero attached hydrogens (tertiary/aromatic N) is 4. The summed E-state index contributed by atoms with van der Waals surface area (Å²) in [6.07, 6.45) is 3.78. The third kappa shape index (κ3) is 4.78. The summed E-state index contributed by atoms with van der Waals surface area (Å²) < 4.78 is 1.99. The maximum absolute atomic E-state index is 12.1. The Morgan fingerprint density at radius 3 is 2.75 bits per heavy atom. The lowest BCUT2D eigenvalue weighted by atomic mass is 10.1. The SMILES string of the molecule is CCCCNC(=O)CSc1nnc(-c2ccccn2)n1-c1ccc(C)cc1C. The highest BCUT2D eigenvalue weighted by Gasteiger charge is 2.19. The Balaban J connectivity index is 1.92. The number of aromatic nitrogens is 4. The van der Waals surface area contributed by atoms with Crippen molar-refractivity contribution in [3.05, 3.63) is 53.7 Å². The zero-order chi connectivity index (χ0) is 19.9. The van der Waals surface area contributed by atoms with Gasteiger partial charge in [-0.1, -0.05) is 48.9 Å². The van der Waals surface area contributed by atoms with Gasteiger partial charge in [-0.15, -0.1) is 10.2 Å². The molecule has 0 saturated carbocycles.